The van der Waals surface area contributed by atoms with E-state index in [-0.39, 0.29) is 0 Å². The van der Waals surface area contributed by atoms with Gasteiger partial charge in [0, 0.05) is 4.83 Å². The fourth-order valence-electron chi connectivity index (χ4n) is 2.15. The molecule has 1 rings (SSSR count). The Hall–Kier alpha value is 0.480. The van der Waals surface area contributed by atoms with Crippen molar-refractivity contribution in [3.8, 4) is 0 Å². The molecule has 0 nitrogen and oxygen atoms in total. The third-order valence-corrected chi connectivity index (χ3v) is 3.64. The molecule has 0 radical (unpaired) electrons. The van der Waals surface area contributed by atoms with Crippen LogP contribution in [0, 0.1) is 11.3 Å². The van der Waals surface area contributed by atoms with Gasteiger partial charge >= 0.3 is 0 Å². The lowest BCUT2D eigenvalue weighted by atomic mass is 9.71. The summed E-state index contributed by atoms with van der Waals surface area (Å²) in [5.74, 6) is 0.916. The molecule has 1 heteroatoms. The van der Waals surface area contributed by atoms with Crippen molar-refractivity contribution >= 4 is 15.9 Å². The fraction of sp³-hybridized carbons (Fsp3) is 1.00. The number of halogens is 1. The van der Waals surface area contributed by atoms with Crippen LogP contribution in [0.15, 0.2) is 0 Å². The van der Waals surface area contributed by atoms with Gasteiger partial charge in [0.05, 0.1) is 0 Å². The Kier molecular flexibility index (Phi) is 3.02. The Morgan fingerprint density at radius 2 is 2.09 bits per heavy atom. The van der Waals surface area contributed by atoms with Crippen molar-refractivity contribution in [3.05, 3.63) is 0 Å². The minimum atomic E-state index is 0.602. The van der Waals surface area contributed by atoms with Gasteiger partial charge in [0.1, 0.15) is 0 Å². The summed E-state index contributed by atoms with van der Waals surface area (Å²) in [7, 11) is 0. The summed E-state index contributed by atoms with van der Waals surface area (Å²) in [6, 6.07) is 0. The second-order valence-corrected chi connectivity index (χ2v) is 6.14. The quantitative estimate of drug-likeness (QED) is 0.585. The van der Waals surface area contributed by atoms with Crippen molar-refractivity contribution in [2.75, 3.05) is 0 Å². The van der Waals surface area contributed by atoms with E-state index in [4.69, 9.17) is 0 Å². The number of hydrogen-bond donors (Lipinski definition) is 0. The lowest BCUT2D eigenvalue weighted by molar-refractivity contribution is 0.181. The first kappa shape index (κ1) is 9.57. The number of hydrogen-bond acceptors (Lipinski definition) is 0. The van der Waals surface area contributed by atoms with Crippen molar-refractivity contribution in [1.82, 2.24) is 0 Å². The van der Waals surface area contributed by atoms with Crippen molar-refractivity contribution in [2.24, 2.45) is 11.3 Å². The Morgan fingerprint density at radius 3 is 2.45 bits per heavy atom. The molecule has 0 saturated heterocycles. The molecule has 0 aromatic heterocycles. The first-order chi connectivity index (χ1) is 5.01. The van der Waals surface area contributed by atoms with Gasteiger partial charge in [0.2, 0.25) is 0 Å². The van der Waals surface area contributed by atoms with Gasteiger partial charge in [-0.2, -0.15) is 0 Å². The monoisotopic (exact) mass is 218 g/mol. The van der Waals surface area contributed by atoms with E-state index < -0.39 is 0 Å². The Bertz CT molecular complexity index is 127. The lowest BCUT2D eigenvalue weighted by Crippen LogP contribution is -2.26. The van der Waals surface area contributed by atoms with Gasteiger partial charge in [-0.15, -0.1) is 0 Å². The van der Waals surface area contributed by atoms with E-state index >= 15 is 0 Å². The van der Waals surface area contributed by atoms with Crippen LogP contribution in [0.1, 0.15) is 46.5 Å². The zero-order valence-corrected chi connectivity index (χ0v) is 9.45. The fourth-order valence-corrected chi connectivity index (χ4v) is 2.60. The van der Waals surface area contributed by atoms with Crippen LogP contribution in [-0.4, -0.2) is 4.83 Å². The maximum absolute atomic E-state index is 3.69. The molecule has 0 N–H and O–H groups in total. The normalized spacial score (nSPS) is 33.3. The Morgan fingerprint density at radius 1 is 1.45 bits per heavy atom. The number of rotatable bonds is 1. The summed E-state index contributed by atoms with van der Waals surface area (Å²) < 4.78 is 0. The predicted octanol–water partition coefficient (Wildman–Crippen LogP) is 3.99. The molecule has 2 atom stereocenters. The van der Waals surface area contributed by atoms with E-state index in [1.807, 2.05) is 0 Å². The van der Waals surface area contributed by atoms with Crippen LogP contribution in [0.4, 0.5) is 0 Å². The van der Waals surface area contributed by atoms with Gasteiger partial charge in [0.15, 0.2) is 0 Å². The number of alkyl halides is 1. The molecule has 11 heavy (non-hydrogen) atoms. The summed E-state index contributed by atoms with van der Waals surface area (Å²) in [5, 5.41) is 0. The lowest BCUT2D eigenvalue weighted by Gasteiger charge is -2.36. The van der Waals surface area contributed by atoms with Crippen LogP contribution in [0.5, 0.6) is 0 Å². The van der Waals surface area contributed by atoms with Crippen molar-refractivity contribution in [3.63, 3.8) is 0 Å². The maximum atomic E-state index is 3.69. The highest BCUT2D eigenvalue weighted by molar-refractivity contribution is 9.09. The first-order valence-corrected chi connectivity index (χ1v) is 5.57. The highest BCUT2D eigenvalue weighted by atomic mass is 79.9. The predicted molar refractivity (Wildman–Crippen MR) is 54.1 cm³/mol. The van der Waals surface area contributed by atoms with Crippen LogP contribution < -0.4 is 0 Å². The molecule has 0 aromatic rings. The summed E-state index contributed by atoms with van der Waals surface area (Å²) >= 11 is 3.69. The molecule has 0 bridgehead atoms. The van der Waals surface area contributed by atoms with Crippen LogP contribution >= 0.6 is 15.9 Å². The van der Waals surface area contributed by atoms with E-state index in [2.05, 4.69) is 36.7 Å². The van der Waals surface area contributed by atoms with Crippen molar-refractivity contribution in [1.29, 1.82) is 0 Å². The molecule has 0 aromatic carbocycles. The van der Waals surface area contributed by atoms with Crippen LogP contribution in [0.2, 0.25) is 0 Å². The Balaban J connectivity index is 2.46. The largest absolute Gasteiger partial charge is 0.0891 e. The van der Waals surface area contributed by atoms with Gasteiger partial charge in [0.25, 0.3) is 0 Å². The standard InChI is InChI=1S/C10H19Br/c1-8(11)9-5-4-6-10(2,3)7-9/h8-9H,4-7H2,1-3H3. The van der Waals surface area contributed by atoms with Gasteiger partial charge in [-0.05, 0) is 30.6 Å². The smallest absolute Gasteiger partial charge is 0.0146 e. The highest BCUT2D eigenvalue weighted by Gasteiger charge is 2.29. The molecular formula is C10H19Br. The molecule has 1 saturated carbocycles. The molecule has 66 valence electrons. The van der Waals surface area contributed by atoms with E-state index in [0.717, 1.165) is 5.92 Å². The molecule has 2 unspecified atom stereocenters. The Labute approximate surface area is 78.9 Å². The van der Waals surface area contributed by atoms with E-state index in [1.165, 1.54) is 25.7 Å². The highest BCUT2D eigenvalue weighted by Crippen LogP contribution is 2.41. The van der Waals surface area contributed by atoms with E-state index in [0.29, 0.717) is 10.2 Å². The third kappa shape index (κ3) is 2.77. The zero-order valence-electron chi connectivity index (χ0n) is 7.86. The topological polar surface area (TPSA) is 0 Å². The minimum Gasteiger partial charge on any atom is -0.0891 e. The SMILES string of the molecule is CC(Br)C1CCCC(C)(C)C1. The molecular weight excluding hydrogens is 200 g/mol. The third-order valence-electron chi connectivity index (χ3n) is 2.89. The second kappa shape index (κ2) is 3.47. The van der Waals surface area contributed by atoms with Crippen LogP contribution in [0.3, 0.4) is 0 Å². The maximum Gasteiger partial charge on any atom is 0.0146 e. The summed E-state index contributed by atoms with van der Waals surface area (Å²) in [5.41, 5.74) is 0.602. The molecule has 1 aliphatic carbocycles. The van der Waals surface area contributed by atoms with Gasteiger partial charge in [-0.3, -0.25) is 0 Å². The molecule has 0 amide bonds. The molecule has 0 spiro atoms. The van der Waals surface area contributed by atoms with Crippen LogP contribution in [0.25, 0.3) is 0 Å². The van der Waals surface area contributed by atoms with Gasteiger partial charge < -0.3 is 0 Å². The van der Waals surface area contributed by atoms with Crippen molar-refractivity contribution in [2.45, 2.75) is 51.3 Å². The minimum absolute atomic E-state index is 0.602. The van der Waals surface area contributed by atoms with Crippen molar-refractivity contribution < 1.29 is 0 Å². The van der Waals surface area contributed by atoms with Gasteiger partial charge in [-0.1, -0.05) is 43.1 Å². The first-order valence-electron chi connectivity index (χ1n) is 4.65. The summed E-state index contributed by atoms with van der Waals surface area (Å²) in [4.78, 5) is 0.710. The summed E-state index contributed by atoms with van der Waals surface area (Å²) in [6.45, 7) is 7.08. The van der Waals surface area contributed by atoms with Crippen LogP contribution in [-0.2, 0) is 0 Å². The zero-order chi connectivity index (χ0) is 8.48. The molecule has 0 heterocycles. The average Bonchev–Trinajstić information content (AvgIpc) is 1.85. The molecule has 0 aliphatic heterocycles. The molecule has 1 aliphatic rings. The molecule has 1 fully saturated rings. The summed E-state index contributed by atoms with van der Waals surface area (Å²) in [6.07, 6.45) is 5.67. The average molecular weight is 219 g/mol. The van der Waals surface area contributed by atoms with Gasteiger partial charge in [-0.25, -0.2) is 0 Å². The van der Waals surface area contributed by atoms with E-state index in [1.54, 1.807) is 0 Å². The van der Waals surface area contributed by atoms with E-state index in [9.17, 15) is 0 Å². The second-order valence-electron chi connectivity index (χ2n) is 4.70.